The number of aryl methyl sites for hydroxylation is 1. The van der Waals surface area contributed by atoms with Gasteiger partial charge in [0.25, 0.3) is 0 Å². The molecular formula is C13H9N3OS. The molecule has 3 heterocycles. The molecule has 0 spiro atoms. The van der Waals surface area contributed by atoms with Crippen molar-refractivity contribution in [2.75, 3.05) is 0 Å². The average molecular weight is 255 g/mol. The van der Waals surface area contributed by atoms with Gasteiger partial charge in [-0.2, -0.15) is 0 Å². The first-order chi connectivity index (χ1) is 8.84. The summed E-state index contributed by atoms with van der Waals surface area (Å²) in [4.78, 5) is 6.70. The number of fused-ring (bicyclic) bond motifs is 3. The molecule has 0 atom stereocenters. The van der Waals surface area contributed by atoms with Crippen molar-refractivity contribution < 1.29 is 4.52 Å². The minimum Gasteiger partial charge on any atom is -0.355 e. The van der Waals surface area contributed by atoms with Crippen molar-refractivity contribution in [3.63, 3.8) is 0 Å². The van der Waals surface area contributed by atoms with Crippen LogP contribution in [0.1, 0.15) is 5.69 Å². The lowest BCUT2D eigenvalue weighted by Crippen LogP contribution is -1.84. The van der Waals surface area contributed by atoms with E-state index in [4.69, 9.17) is 4.52 Å². The van der Waals surface area contributed by atoms with Crippen LogP contribution < -0.4 is 0 Å². The van der Waals surface area contributed by atoms with Gasteiger partial charge in [-0.1, -0.05) is 28.6 Å². The maximum atomic E-state index is 5.23. The van der Waals surface area contributed by atoms with E-state index in [1.807, 2.05) is 24.3 Å². The van der Waals surface area contributed by atoms with Crippen molar-refractivity contribution in [3.8, 4) is 10.6 Å². The van der Waals surface area contributed by atoms with Crippen LogP contribution in [0.5, 0.6) is 0 Å². The second-order valence-electron chi connectivity index (χ2n) is 4.11. The van der Waals surface area contributed by atoms with E-state index in [0.29, 0.717) is 0 Å². The van der Waals surface area contributed by atoms with Gasteiger partial charge < -0.3 is 4.52 Å². The Hall–Kier alpha value is -2.14. The normalized spacial score (nSPS) is 11.6. The summed E-state index contributed by atoms with van der Waals surface area (Å²) in [6.07, 6.45) is 1.66. The molecule has 0 amide bonds. The Labute approximate surface area is 106 Å². The van der Waals surface area contributed by atoms with E-state index in [1.165, 1.54) is 0 Å². The molecule has 18 heavy (non-hydrogen) atoms. The second-order valence-corrected chi connectivity index (χ2v) is 5.09. The Morgan fingerprint density at radius 3 is 2.94 bits per heavy atom. The molecule has 3 aromatic heterocycles. The van der Waals surface area contributed by atoms with E-state index < -0.39 is 0 Å². The van der Waals surface area contributed by atoms with Gasteiger partial charge >= 0.3 is 0 Å². The van der Waals surface area contributed by atoms with Crippen LogP contribution >= 0.6 is 11.3 Å². The Morgan fingerprint density at radius 2 is 2.11 bits per heavy atom. The van der Waals surface area contributed by atoms with Crippen LogP contribution in [0, 0.1) is 6.92 Å². The minimum absolute atomic E-state index is 0.798. The summed E-state index contributed by atoms with van der Waals surface area (Å²) in [5, 5.41) is 3.76. The van der Waals surface area contributed by atoms with Gasteiger partial charge in [0.05, 0.1) is 22.1 Å². The first-order valence-corrected chi connectivity index (χ1v) is 6.44. The highest BCUT2D eigenvalue weighted by Crippen LogP contribution is 2.34. The monoisotopic (exact) mass is 255 g/mol. The number of nitrogens with zero attached hydrogens (tertiary/aromatic N) is 3. The number of thiazole rings is 1. The molecule has 0 unspecified atom stereocenters. The number of rotatable bonds is 1. The van der Waals surface area contributed by atoms with Crippen molar-refractivity contribution in [1.29, 1.82) is 0 Å². The lowest BCUT2D eigenvalue weighted by Gasteiger charge is -1.95. The van der Waals surface area contributed by atoms with Gasteiger partial charge in [0.15, 0.2) is 10.7 Å². The van der Waals surface area contributed by atoms with Gasteiger partial charge in [-0.25, -0.2) is 4.98 Å². The van der Waals surface area contributed by atoms with E-state index in [1.54, 1.807) is 17.5 Å². The van der Waals surface area contributed by atoms with Crippen LogP contribution in [0.3, 0.4) is 0 Å². The standard InChI is InChI=1S/C13H9N3OS/c1-8-12(11-6-7-14-17-11)18-13-15-9-4-2-3-5-10(9)16(8)13/h2-7H,1H3. The zero-order chi connectivity index (χ0) is 12.1. The number of hydrogen-bond acceptors (Lipinski definition) is 4. The Kier molecular flexibility index (Phi) is 1.87. The largest absolute Gasteiger partial charge is 0.355 e. The van der Waals surface area contributed by atoms with Gasteiger partial charge in [-0.15, -0.1) is 0 Å². The lowest BCUT2D eigenvalue weighted by atomic mass is 10.3. The fraction of sp³-hybridized carbons (Fsp3) is 0.0769. The molecule has 0 N–H and O–H groups in total. The van der Waals surface area contributed by atoms with Crippen LogP contribution in [0.25, 0.3) is 26.6 Å². The summed E-state index contributed by atoms with van der Waals surface area (Å²) >= 11 is 1.63. The number of aromatic nitrogens is 3. The predicted octanol–water partition coefficient (Wildman–Crippen LogP) is 3.51. The molecule has 0 aliphatic rings. The third-order valence-corrected chi connectivity index (χ3v) is 4.21. The minimum atomic E-state index is 0.798. The number of hydrogen-bond donors (Lipinski definition) is 0. The smallest absolute Gasteiger partial charge is 0.195 e. The Morgan fingerprint density at radius 1 is 1.22 bits per heavy atom. The van der Waals surface area contributed by atoms with Crippen LogP contribution in [-0.2, 0) is 0 Å². The second kappa shape index (κ2) is 3.43. The third-order valence-electron chi connectivity index (χ3n) is 3.05. The van der Waals surface area contributed by atoms with E-state index >= 15 is 0 Å². The molecule has 5 heteroatoms. The van der Waals surface area contributed by atoms with E-state index in [2.05, 4.69) is 27.5 Å². The van der Waals surface area contributed by atoms with Crippen LogP contribution in [-0.4, -0.2) is 14.5 Å². The number of imidazole rings is 1. The van der Waals surface area contributed by atoms with Gasteiger partial charge in [-0.05, 0) is 19.1 Å². The molecule has 4 nitrogen and oxygen atoms in total. The van der Waals surface area contributed by atoms with Crippen molar-refractivity contribution >= 4 is 27.3 Å². The van der Waals surface area contributed by atoms with Crippen LogP contribution in [0.4, 0.5) is 0 Å². The van der Waals surface area contributed by atoms with Crippen molar-refractivity contribution in [3.05, 3.63) is 42.2 Å². The molecule has 4 rings (SSSR count). The molecular weight excluding hydrogens is 246 g/mol. The molecule has 0 fully saturated rings. The van der Waals surface area contributed by atoms with E-state index in [0.717, 1.165) is 32.3 Å². The molecule has 0 saturated carbocycles. The van der Waals surface area contributed by atoms with Gasteiger partial charge in [0, 0.05) is 11.8 Å². The highest BCUT2D eigenvalue weighted by atomic mass is 32.1. The maximum Gasteiger partial charge on any atom is 0.195 e. The predicted molar refractivity (Wildman–Crippen MR) is 70.8 cm³/mol. The van der Waals surface area contributed by atoms with Crippen LogP contribution in [0.15, 0.2) is 41.1 Å². The zero-order valence-corrected chi connectivity index (χ0v) is 10.4. The van der Waals surface area contributed by atoms with Gasteiger partial charge in [0.1, 0.15) is 0 Å². The summed E-state index contributed by atoms with van der Waals surface area (Å²) in [6.45, 7) is 2.08. The maximum absolute atomic E-state index is 5.23. The third kappa shape index (κ3) is 1.19. The van der Waals surface area contributed by atoms with E-state index in [-0.39, 0.29) is 0 Å². The Bertz CT molecular complexity index is 842. The highest BCUT2D eigenvalue weighted by molar-refractivity contribution is 7.20. The summed E-state index contributed by atoms with van der Waals surface area (Å²) in [7, 11) is 0. The highest BCUT2D eigenvalue weighted by Gasteiger charge is 2.16. The van der Waals surface area contributed by atoms with Gasteiger partial charge in [0.2, 0.25) is 0 Å². The molecule has 0 radical (unpaired) electrons. The summed E-state index contributed by atoms with van der Waals surface area (Å²) < 4.78 is 7.40. The van der Waals surface area contributed by atoms with Crippen LogP contribution in [0.2, 0.25) is 0 Å². The van der Waals surface area contributed by atoms with Crippen molar-refractivity contribution in [1.82, 2.24) is 14.5 Å². The molecule has 88 valence electrons. The summed E-state index contributed by atoms with van der Waals surface area (Å²) in [5.41, 5.74) is 3.29. The average Bonchev–Trinajstić information content (AvgIpc) is 3.05. The zero-order valence-electron chi connectivity index (χ0n) is 9.62. The quantitative estimate of drug-likeness (QED) is 0.522. The SMILES string of the molecule is Cc1c(-c2ccno2)sc2nc3ccccc3n12. The van der Waals surface area contributed by atoms with Gasteiger partial charge in [-0.3, -0.25) is 4.40 Å². The first-order valence-electron chi connectivity index (χ1n) is 5.62. The van der Waals surface area contributed by atoms with Crippen molar-refractivity contribution in [2.45, 2.75) is 6.92 Å². The molecule has 0 bridgehead atoms. The summed E-state index contributed by atoms with van der Waals surface area (Å²) in [6, 6.07) is 10.0. The fourth-order valence-corrected chi connectivity index (χ4v) is 3.32. The molecule has 1 aromatic carbocycles. The molecule has 4 aromatic rings. The Balaban J connectivity index is 2.12. The lowest BCUT2D eigenvalue weighted by molar-refractivity contribution is 0.433. The molecule has 0 saturated heterocycles. The number of para-hydroxylation sites is 2. The molecule has 0 aliphatic carbocycles. The van der Waals surface area contributed by atoms with Crippen molar-refractivity contribution in [2.24, 2.45) is 0 Å². The number of benzene rings is 1. The fourth-order valence-electron chi connectivity index (χ4n) is 2.22. The summed E-state index contributed by atoms with van der Waals surface area (Å²) in [5.74, 6) is 0.798. The first kappa shape index (κ1) is 9.85. The van der Waals surface area contributed by atoms with E-state index in [9.17, 15) is 0 Å². The molecule has 0 aliphatic heterocycles. The topological polar surface area (TPSA) is 43.3 Å².